The Morgan fingerprint density at radius 1 is 1.35 bits per heavy atom. The molecule has 6 heteroatoms. The highest BCUT2D eigenvalue weighted by Crippen LogP contribution is 2.31. The van der Waals surface area contributed by atoms with Gasteiger partial charge in [-0.05, 0) is 45.0 Å². The Morgan fingerprint density at radius 3 is 2.50 bits per heavy atom. The highest BCUT2D eigenvalue weighted by Gasteiger charge is 2.31. The SMILES string of the molecule is CC(CNc1ccc(C(F)(F)F)cc1F)N(C)C1CC1. The van der Waals surface area contributed by atoms with E-state index in [-0.39, 0.29) is 11.7 Å². The molecule has 1 aromatic carbocycles. The number of likely N-dealkylation sites (N-methyl/N-ethyl adjacent to an activating group) is 1. The van der Waals surface area contributed by atoms with Gasteiger partial charge in [0.2, 0.25) is 0 Å². The first-order valence-corrected chi connectivity index (χ1v) is 6.61. The van der Waals surface area contributed by atoms with Gasteiger partial charge in [0.15, 0.2) is 0 Å². The summed E-state index contributed by atoms with van der Waals surface area (Å²) in [5.41, 5.74) is -0.863. The molecular weight excluding hydrogens is 272 g/mol. The number of nitrogens with zero attached hydrogens (tertiary/aromatic N) is 1. The van der Waals surface area contributed by atoms with Gasteiger partial charge in [-0.25, -0.2) is 4.39 Å². The zero-order valence-corrected chi connectivity index (χ0v) is 11.5. The maximum absolute atomic E-state index is 13.6. The van der Waals surface area contributed by atoms with Crippen LogP contribution in [0.15, 0.2) is 18.2 Å². The number of anilines is 1. The van der Waals surface area contributed by atoms with Gasteiger partial charge in [0.05, 0.1) is 11.3 Å². The van der Waals surface area contributed by atoms with Crippen LogP contribution in [0, 0.1) is 5.82 Å². The van der Waals surface area contributed by atoms with Crippen molar-refractivity contribution in [2.75, 3.05) is 18.9 Å². The van der Waals surface area contributed by atoms with Crippen LogP contribution in [0.5, 0.6) is 0 Å². The summed E-state index contributed by atoms with van der Waals surface area (Å²) in [4.78, 5) is 2.20. The van der Waals surface area contributed by atoms with Crippen molar-refractivity contribution in [2.45, 2.75) is 38.0 Å². The van der Waals surface area contributed by atoms with Crippen LogP contribution in [0.3, 0.4) is 0 Å². The second-order valence-electron chi connectivity index (χ2n) is 5.32. The van der Waals surface area contributed by atoms with Gasteiger partial charge in [0.1, 0.15) is 5.82 Å². The molecule has 0 amide bonds. The molecule has 1 aliphatic rings. The van der Waals surface area contributed by atoms with Crippen LogP contribution in [0.4, 0.5) is 23.2 Å². The van der Waals surface area contributed by atoms with Gasteiger partial charge in [-0.2, -0.15) is 13.2 Å². The van der Waals surface area contributed by atoms with Crippen molar-refractivity contribution in [3.05, 3.63) is 29.6 Å². The Bertz CT molecular complexity index is 469. The average molecular weight is 290 g/mol. The van der Waals surface area contributed by atoms with E-state index in [1.165, 1.54) is 12.8 Å². The van der Waals surface area contributed by atoms with Crippen LogP contribution in [0.1, 0.15) is 25.3 Å². The molecule has 112 valence electrons. The lowest BCUT2D eigenvalue weighted by Gasteiger charge is -2.25. The minimum Gasteiger partial charge on any atom is -0.381 e. The maximum Gasteiger partial charge on any atom is 0.416 e. The summed E-state index contributed by atoms with van der Waals surface area (Å²) in [6, 6.07) is 3.34. The number of hydrogen-bond donors (Lipinski definition) is 1. The van der Waals surface area contributed by atoms with E-state index < -0.39 is 17.6 Å². The van der Waals surface area contributed by atoms with E-state index in [0.29, 0.717) is 18.7 Å². The monoisotopic (exact) mass is 290 g/mol. The molecule has 0 bridgehead atoms. The third-order valence-electron chi connectivity index (χ3n) is 3.70. The number of hydrogen-bond acceptors (Lipinski definition) is 2. The molecule has 0 spiro atoms. The summed E-state index contributed by atoms with van der Waals surface area (Å²) in [7, 11) is 2.01. The van der Waals surface area contributed by atoms with E-state index in [1.54, 1.807) is 0 Å². The molecule has 1 saturated carbocycles. The molecule has 0 aromatic heterocycles. The summed E-state index contributed by atoms with van der Waals surface area (Å²) in [6.45, 7) is 2.50. The molecule has 1 aliphatic carbocycles. The minimum absolute atomic E-state index is 0.106. The molecule has 1 unspecified atom stereocenters. The van der Waals surface area contributed by atoms with E-state index in [2.05, 4.69) is 10.2 Å². The average Bonchev–Trinajstić information content (AvgIpc) is 3.19. The Kier molecular flexibility index (Phi) is 4.22. The van der Waals surface area contributed by atoms with Crippen LogP contribution in [0.2, 0.25) is 0 Å². The summed E-state index contributed by atoms with van der Waals surface area (Å²) >= 11 is 0. The normalized spacial score (nSPS) is 17.4. The Morgan fingerprint density at radius 2 is 2.00 bits per heavy atom. The van der Waals surface area contributed by atoms with Crippen molar-refractivity contribution in [1.29, 1.82) is 0 Å². The molecule has 0 saturated heterocycles. The first kappa shape index (κ1) is 15.1. The zero-order valence-electron chi connectivity index (χ0n) is 11.5. The third kappa shape index (κ3) is 3.62. The summed E-state index contributed by atoms with van der Waals surface area (Å²) in [5.74, 6) is -0.874. The van der Waals surface area contributed by atoms with Crippen molar-refractivity contribution in [1.82, 2.24) is 4.90 Å². The van der Waals surface area contributed by atoms with E-state index in [0.717, 1.165) is 12.1 Å². The second-order valence-corrected chi connectivity index (χ2v) is 5.32. The van der Waals surface area contributed by atoms with E-state index >= 15 is 0 Å². The first-order chi connectivity index (χ1) is 9.29. The molecule has 20 heavy (non-hydrogen) atoms. The summed E-state index contributed by atoms with van der Waals surface area (Å²) < 4.78 is 50.9. The van der Waals surface area contributed by atoms with Gasteiger partial charge < -0.3 is 5.32 Å². The number of rotatable bonds is 5. The molecular formula is C14H18F4N2. The largest absolute Gasteiger partial charge is 0.416 e. The van der Waals surface area contributed by atoms with Crippen LogP contribution >= 0.6 is 0 Å². The van der Waals surface area contributed by atoms with E-state index in [4.69, 9.17) is 0 Å². The second kappa shape index (κ2) is 5.60. The van der Waals surface area contributed by atoms with Crippen molar-refractivity contribution in [3.8, 4) is 0 Å². The van der Waals surface area contributed by atoms with Crippen LogP contribution in [-0.2, 0) is 6.18 Å². The Labute approximate surface area is 115 Å². The number of halogens is 4. The Balaban J connectivity index is 1.96. The predicted molar refractivity (Wildman–Crippen MR) is 70.1 cm³/mol. The van der Waals surface area contributed by atoms with Crippen molar-refractivity contribution >= 4 is 5.69 Å². The fraction of sp³-hybridized carbons (Fsp3) is 0.571. The van der Waals surface area contributed by atoms with Gasteiger partial charge in [0, 0.05) is 18.6 Å². The first-order valence-electron chi connectivity index (χ1n) is 6.61. The van der Waals surface area contributed by atoms with Gasteiger partial charge in [-0.1, -0.05) is 0 Å². The molecule has 1 fully saturated rings. The zero-order chi connectivity index (χ0) is 14.9. The minimum atomic E-state index is -4.52. The lowest BCUT2D eigenvalue weighted by atomic mass is 10.2. The van der Waals surface area contributed by atoms with E-state index in [9.17, 15) is 17.6 Å². The standard InChI is InChI=1S/C14H18F4N2/c1-9(20(2)11-4-5-11)8-19-13-6-3-10(7-12(13)15)14(16,17)18/h3,6-7,9,11,19H,4-5,8H2,1-2H3. The third-order valence-corrected chi connectivity index (χ3v) is 3.70. The van der Waals surface area contributed by atoms with Crippen LogP contribution in [0.25, 0.3) is 0 Å². The molecule has 1 aromatic rings. The van der Waals surface area contributed by atoms with E-state index in [1.807, 2.05) is 14.0 Å². The molecule has 1 atom stereocenters. The molecule has 2 rings (SSSR count). The van der Waals surface area contributed by atoms with Crippen molar-refractivity contribution < 1.29 is 17.6 Å². The summed E-state index contributed by atoms with van der Waals surface area (Å²) in [5, 5.41) is 2.87. The highest BCUT2D eigenvalue weighted by molar-refractivity contribution is 5.47. The van der Waals surface area contributed by atoms with Crippen LogP contribution < -0.4 is 5.32 Å². The Hall–Kier alpha value is -1.30. The maximum atomic E-state index is 13.6. The molecule has 2 nitrogen and oxygen atoms in total. The van der Waals surface area contributed by atoms with Gasteiger partial charge in [-0.3, -0.25) is 4.90 Å². The number of nitrogens with one attached hydrogen (secondary N) is 1. The smallest absolute Gasteiger partial charge is 0.381 e. The van der Waals surface area contributed by atoms with Gasteiger partial charge in [-0.15, -0.1) is 0 Å². The lowest BCUT2D eigenvalue weighted by Crippen LogP contribution is -2.36. The highest BCUT2D eigenvalue weighted by atomic mass is 19.4. The lowest BCUT2D eigenvalue weighted by molar-refractivity contribution is -0.137. The fourth-order valence-electron chi connectivity index (χ4n) is 2.08. The topological polar surface area (TPSA) is 15.3 Å². The number of benzene rings is 1. The van der Waals surface area contributed by atoms with Crippen LogP contribution in [-0.4, -0.2) is 30.6 Å². The van der Waals surface area contributed by atoms with Crippen molar-refractivity contribution in [2.24, 2.45) is 0 Å². The van der Waals surface area contributed by atoms with Crippen molar-refractivity contribution in [3.63, 3.8) is 0 Å². The molecule has 1 N–H and O–H groups in total. The predicted octanol–water partition coefficient (Wildman–Crippen LogP) is 3.74. The number of alkyl halides is 3. The van der Waals surface area contributed by atoms with Gasteiger partial charge >= 0.3 is 6.18 Å². The molecule has 0 radical (unpaired) electrons. The fourth-order valence-corrected chi connectivity index (χ4v) is 2.08. The quantitative estimate of drug-likeness (QED) is 0.831. The van der Waals surface area contributed by atoms with Gasteiger partial charge in [0.25, 0.3) is 0 Å². The molecule has 0 aliphatic heterocycles. The summed E-state index contributed by atoms with van der Waals surface area (Å²) in [6.07, 6.45) is -2.16. The molecule has 0 heterocycles.